The lowest BCUT2D eigenvalue weighted by molar-refractivity contribution is -0.120. The lowest BCUT2D eigenvalue weighted by Crippen LogP contribution is -2.38. The maximum atomic E-state index is 13.4. The monoisotopic (exact) mass is 225 g/mol. The molecular formula is C11H16FN3O. The zero-order valence-electron chi connectivity index (χ0n) is 9.16. The Morgan fingerprint density at radius 1 is 1.56 bits per heavy atom. The zero-order valence-corrected chi connectivity index (χ0v) is 9.16. The predicted molar refractivity (Wildman–Crippen MR) is 61.2 cm³/mol. The van der Waals surface area contributed by atoms with Crippen LogP contribution in [0.4, 0.5) is 10.1 Å². The molecule has 1 rings (SSSR count). The molecule has 0 aliphatic carbocycles. The first-order valence-electron chi connectivity index (χ1n) is 5.06. The van der Waals surface area contributed by atoms with Crippen molar-refractivity contribution in [2.24, 2.45) is 5.73 Å². The van der Waals surface area contributed by atoms with Crippen molar-refractivity contribution >= 4 is 11.6 Å². The highest BCUT2D eigenvalue weighted by Gasteiger charge is 2.09. The summed E-state index contributed by atoms with van der Waals surface area (Å²) in [7, 11) is 0. The van der Waals surface area contributed by atoms with Gasteiger partial charge in [0.2, 0.25) is 5.91 Å². The molecule has 0 bridgehead atoms. The molecule has 1 atom stereocenters. The second-order valence-corrected chi connectivity index (χ2v) is 3.73. The number of amides is 1. The summed E-state index contributed by atoms with van der Waals surface area (Å²) in [6, 6.07) is 4.37. The summed E-state index contributed by atoms with van der Waals surface area (Å²) in [6.07, 6.45) is 0.415. The fourth-order valence-electron chi connectivity index (χ4n) is 1.44. The third-order valence-corrected chi connectivity index (χ3v) is 2.20. The molecule has 0 aliphatic heterocycles. The molecule has 0 aliphatic rings. The van der Waals surface area contributed by atoms with Crippen molar-refractivity contribution in [1.29, 1.82) is 0 Å². The summed E-state index contributed by atoms with van der Waals surface area (Å²) in [4.78, 5) is 11.0. The molecule has 16 heavy (non-hydrogen) atoms. The normalized spacial score (nSPS) is 12.2. The number of hydrogen-bond donors (Lipinski definition) is 3. The van der Waals surface area contributed by atoms with Crippen LogP contribution >= 0.6 is 0 Å². The number of nitrogens with two attached hydrogens (primary N) is 2. The lowest BCUT2D eigenvalue weighted by atomic mass is 10.1. The molecule has 0 radical (unpaired) electrons. The van der Waals surface area contributed by atoms with Gasteiger partial charge in [-0.3, -0.25) is 4.79 Å². The number of nitrogen functional groups attached to an aromatic ring is 1. The third kappa shape index (κ3) is 3.51. The summed E-state index contributed by atoms with van der Waals surface area (Å²) in [5.74, 6) is -0.600. The zero-order chi connectivity index (χ0) is 12.1. The molecule has 1 aromatic rings. The first-order chi connectivity index (χ1) is 7.52. The van der Waals surface area contributed by atoms with E-state index in [2.05, 4.69) is 5.32 Å². The van der Waals surface area contributed by atoms with Crippen LogP contribution in [0.1, 0.15) is 12.5 Å². The van der Waals surface area contributed by atoms with Crippen LogP contribution in [0.15, 0.2) is 18.2 Å². The minimum absolute atomic E-state index is 0.0610. The number of carbonyl (C=O) groups excluding carboxylic acids is 1. The Balaban J connectivity index is 2.62. The molecular weight excluding hydrogens is 209 g/mol. The smallest absolute Gasteiger partial charge is 0.233 e. The van der Waals surface area contributed by atoms with Crippen LogP contribution in [0, 0.1) is 5.82 Å². The Kier molecular flexibility index (Phi) is 4.25. The summed E-state index contributed by atoms with van der Waals surface area (Å²) >= 11 is 0. The van der Waals surface area contributed by atoms with Gasteiger partial charge in [0.25, 0.3) is 0 Å². The van der Waals surface area contributed by atoms with Gasteiger partial charge in [-0.05, 0) is 31.0 Å². The summed E-state index contributed by atoms with van der Waals surface area (Å²) in [6.45, 7) is 1.73. The number of halogens is 1. The Hall–Kier alpha value is -1.62. The largest absolute Gasteiger partial charge is 0.399 e. The molecule has 1 aromatic carbocycles. The van der Waals surface area contributed by atoms with Gasteiger partial charge in [0.15, 0.2) is 0 Å². The van der Waals surface area contributed by atoms with Crippen LogP contribution in [0.2, 0.25) is 0 Å². The number of benzene rings is 1. The Morgan fingerprint density at radius 2 is 2.25 bits per heavy atom. The minimum atomic E-state index is -0.353. The van der Waals surface area contributed by atoms with E-state index < -0.39 is 0 Å². The van der Waals surface area contributed by atoms with Crippen LogP contribution in [0.25, 0.3) is 0 Å². The standard InChI is InChI=1S/C11H16FN3O/c1-7(15-11(16)6-13)4-8-2-3-9(14)5-10(8)12/h2-3,5,7H,4,6,13-14H2,1H3,(H,15,16). The van der Waals surface area contributed by atoms with Gasteiger partial charge in [-0.2, -0.15) is 0 Å². The maximum absolute atomic E-state index is 13.4. The fraction of sp³-hybridized carbons (Fsp3) is 0.364. The summed E-state index contributed by atoms with van der Waals surface area (Å²) in [5.41, 5.74) is 11.5. The van der Waals surface area contributed by atoms with Gasteiger partial charge < -0.3 is 16.8 Å². The van der Waals surface area contributed by atoms with E-state index >= 15 is 0 Å². The number of anilines is 1. The van der Waals surface area contributed by atoms with Crippen molar-refractivity contribution in [3.05, 3.63) is 29.6 Å². The van der Waals surface area contributed by atoms with E-state index in [1.54, 1.807) is 19.1 Å². The van der Waals surface area contributed by atoms with E-state index in [-0.39, 0.29) is 24.3 Å². The molecule has 1 amide bonds. The van der Waals surface area contributed by atoms with Gasteiger partial charge >= 0.3 is 0 Å². The molecule has 0 aromatic heterocycles. The van der Waals surface area contributed by atoms with E-state index in [9.17, 15) is 9.18 Å². The minimum Gasteiger partial charge on any atom is -0.399 e. The highest BCUT2D eigenvalue weighted by molar-refractivity contribution is 5.78. The molecule has 0 saturated heterocycles. The average molecular weight is 225 g/mol. The van der Waals surface area contributed by atoms with Crippen LogP contribution < -0.4 is 16.8 Å². The molecule has 0 spiro atoms. The van der Waals surface area contributed by atoms with Crippen molar-refractivity contribution in [2.75, 3.05) is 12.3 Å². The summed E-state index contributed by atoms with van der Waals surface area (Å²) in [5, 5.41) is 2.66. The highest BCUT2D eigenvalue weighted by atomic mass is 19.1. The van der Waals surface area contributed by atoms with Crippen LogP contribution in [0.3, 0.4) is 0 Å². The third-order valence-electron chi connectivity index (χ3n) is 2.20. The van der Waals surface area contributed by atoms with Crippen molar-refractivity contribution in [3.63, 3.8) is 0 Å². The fourth-order valence-corrected chi connectivity index (χ4v) is 1.44. The number of rotatable bonds is 4. The molecule has 88 valence electrons. The number of carbonyl (C=O) groups is 1. The van der Waals surface area contributed by atoms with Gasteiger partial charge in [-0.15, -0.1) is 0 Å². The van der Waals surface area contributed by atoms with Gasteiger partial charge in [-0.25, -0.2) is 4.39 Å². The molecule has 5 heteroatoms. The van der Waals surface area contributed by atoms with Gasteiger partial charge in [-0.1, -0.05) is 6.07 Å². The SMILES string of the molecule is CC(Cc1ccc(N)cc1F)NC(=O)CN. The highest BCUT2D eigenvalue weighted by Crippen LogP contribution is 2.13. The molecule has 1 unspecified atom stereocenters. The van der Waals surface area contributed by atoms with Gasteiger partial charge in [0, 0.05) is 11.7 Å². The van der Waals surface area contributed by atoms with Crippen LogP contribution in [0.5, 0.6) is 0 Å². The van der Waals surface area contributed by atoms with E-state index in [1.807, 2.05) is 0 Å². The summed E-state index contributed by atoms with van der Waals surface area (Å²) < 4.78 is 13.4. The first kappa shape index (κ1) is 12.4. The topological polar surface area (TPSA) is 81.1 Å². The quantitative estimate of drug-likeness (QED) is 0.649. The Morgan fingerprint density at radius 3 is 2.81 bits per heavy atom. The Labute approximate surface area is 93.8 Å². The van der Waals surface area contributed by atoms with Crippen molar-refractivity contribution in [3.8, 4) is 0 Å². The van der Waals surface area contributed by atoms with E-state index in [0.717, 1.165) is 0 Å². The number of nitrogens with one attached hydrogen (secondary N) is 1. The van der Waals surface area contributed by atoms with Crippen molar-refractivity contribution < 1.29 is 9.18 Å². The van der Waals surface area contributed by atoms with Crippen LogP contribution in [-0.4, -0.2) is 18.5 Å². The molecule has 4 nitrogen and oxygen atoms in total. The van der Waals surface area contributed by atoms with Crippen molar-refractivity contribution in [2.45, 2.75) is 19.4 Å². The molecule has 0 heterocycles. The first-order valence-corrected chi connectivity index (χ1v) is 5.06. The van der Waals surface area contributed by atoms with Crippen LogP contribution in [-0.2, 0) is 11.2 Å². The Bertz CT molecular complexity index is 381. The van der Waals surface area contributed by atoms with E-state index in [1.165, 1.54) is 6.07 Å². The second-order valence-electron chi connectivity index (χ2n) is 3.73. The van der Waals surface area contributed by atoms with E-state index in [0.29, 0.717) is 17.7 Å². The molecule has 0 fully saturated rings. The van der Waals surface area contributed by atoms with Gasteiger partial charge in [0.05, 0.1) is 6.54 Å². The predicted octanol–water partition coefficient (Wildman–Crippen LogP) is 0.414. The number of hydrogen-bond acceptors (Lipinski definition) is 3. The second kappa shape index (κ2) is 5.46. The van der Waals surface area contributed by atoms with E-state index in [4.69, 9.17) is 11.5 Å². The maximum Gasteiger partial charge on any atom is 0.233 e. The van der Waals surface area contributed by atoms with Gasteiger partial charge in [0.1, 0.15) is 5.82 Å². The molecule has 5 N–H and O–H groups in total. The molecule has 0 saturated carbocycles. The van der Waals surface area contributed by atoms with Crippen molar-refractivity contribution in [1.82, 2.24) is 5.32 Å². The average Bonchev–Trinajstić information content (AvgIpc) is 2.22. The lowest BCUT2D eigenvalue weighted by Gasteiger charge is -2.13.